The van der Waals surface area contributed by atoms with Crippen LogP contribution >= 0.6 is 11.6 Å². The number of ketones is 1. The summed E-state index contributed by atoms with van der Waals surface area (Å²) in [7, 11) is 5.07. The highest BCUT2D eigenvalue weighted by Crippen LogP contribution is 2.35. The molecule has 0 unspecified atom stereocenters. The number of carbonyl (C=O) groups is 2. The van der Waals surface area contributed by atoms with Crippen LogP contribution in [0.3, 0.4) is 0 Å². The molecule has 2 aromatic carbocycles. The topological polar surface area (TPSA) is 112 Å². The predicted octanol–water partition coefficient (Wildman–Crippen LogP) is 3.10. The number of fused-ring (bicyclic) bond motifs is 3. The number of hydrogen-bond donors (Lipinski definition) is 0. The lowest BCUT2D eigenvalue weighted by Gasteiger charge is -2.31. The number of nitrogens with zero attached hydrogens (tertiary/aromatic N) is 6. The number of amides is 1. The molecule has 1 saturated heterocycles. The van der Waals surface area contributed by atoms with Gasteiger partial charge in [-0.3, -0.25) is 24.8 Å². The van der Waals surface area contributed by atoms with Crippen LogP contribution in [-0.2, 0) is 9.59 Å². The van der Waals surface area contributed by atoms with E-state index in [4.69, 9.17) is 16.6 Å². The highest BCUT2D eigenvalue weighted by molar-refractivity contribution is 6.37. The van der Waals surface area contributed by atoms with Gasteiger partial charge in [-0.15, -0.1) is 0 Å². The number of rotatable bonds is 4. The van der Waals surface area contributed by atoms with E-state index in [-0.39, 0.29) is 23.9 Å². The summed E-state index contributed by atoms with van der Waals surface area (Å²) >= 11 is 6.43. The first-order valence-electron chi connectivity index (χ1n) is 12.0. The second-order valence-electron chi connectivity index (χ2n) is 9.00. The zero-order valence-electron chi connectivity index (χ0n) is 21.1. The maximum atomic E-state index is 13.4. The van der Waals surface area contributed by atoms with Crippen LogP contribution in [-0.4, -0.2) is 88.0 Å². The van der Waals surface area contributed by atoms with E-state index in [9.17, 15) is 19.7 Å². The SMILES string of the molecule is CC(=O)C[Si].CN1CCN(/C=C2\N=C3CN=C(c4ccccc4Cl)c4cc([N+](=O)[O-])ccc4N3C2=O)CC1. The van der Waals surface area contributed by atoms with E-state index < -0.39 is 4.92 Å². The van der Waals surface area contributed by atoms with Gasteiger partial charge in [0.05, 0.1) is 22.9 Å². The minimum absolute atomic E-state index is 0.0891. The smallest absolute Gasteiger partial charge is 0.284 e. The monoisotopic (exact) mass is 549 g/mol. The van der Waals surface area contributed by atoms with E-state index in [1.54, 1.807) is 24.4 Å². The van der Waals surface area contributed by atoms with Gasteiger partial charge in [0.2, 0.25) is 0 Å². The number of halogens is 1. The lowest BCUT2D eigenvalue weighted by atomic mass is 9.99. The van der Waals surface area contributed by atoms with Crippen molar-refractivity contribution in [1.29, 1.82) is 0 Å². The Morgan fingerprint density at radius 2 is 1.84 bits per heavy atom. The Labute approximate surface area is 228 Å². The number of amidine groups is 1. The molecule has 12 heteroatoms. The van der Waals surface area contributed by atoms with Crippen LogP contribution in [0.4, 0.5) is 11.4 Å². The van der Waals surface area contributed by atoms with Crippen LogP contribution < -0.4 is 4.90 Å². The molecule has 1 fully saturated rings. The van der Waals surface area contributed by atoms with Crippen molar-refractivity contribution in [3.8, 4) is 0 Å². The van der Waals surface area contributed by atoms with Gasteiger partial charge in [0.15, 0.2) is 0 Å². The largest absolute Gasteiger partial charge is 0.373 e. The molecule has 3 aliphatic heterocycles. The minimum atomic E-state index is -0.463. The van der Waals surface area contributed by atoms with E-state index in [2.05, 4.69) is 32.1 Å². The van der Waals surface area contributed by atoms with Gasteiger partial charge < -0.3 is 14.6 Å². The molecule has 0 spiro atoms. The molecule has 0 saturated carbocycles. The quantitative estimate of drug-likeness (QED) is 0.251. The zero-order valence-corrected chi connectivity index (χ0v) is 22.8. The Morgan fingerprint density at radius 1 is 1.16 bits per heavy atom. The molecule has 195 valence electrons. The third-order valence-corrected chi connectivity index (χ3v) is 7.04. The summed E-state index contributed by atoms with van der Waals surface area (Å²) in [6, 6.07) is 12.1. The molecule has 38 heavy (non-hydrogen) atoms. The Balaban J connectivity index is 0.000000617. The van der Waals surface area contributed by atoms with Gasteiger partial charge in [-0.25, -0.2) is 4.99 Å². The second kappa shape index (κ2) is 11.8. The summed E-state index contributed by atoms with van der Waals surface area (Å²) in [6.45, 7) is 5.14. The van der Waals surface area contributed by atoms with Crippen LogP contribution in [0.2, 0.25) is 11.1 Å². The third kappa shape index (κ3) is 5.90. The normalized spacial score (nSPS) is 18.1. The third-order valence-electron chi connectivity index (χ3n) is 6.22. The van der Waals surface area contributed by atoms with Crippen molar-refractivity contribution in [3.63, 3.8) is 0 Å². The van der Waals surface area contributed by atoms with Crippen molar-refractivity contribution in [1.82, 2.24) is 9.80 Å². The van der Waals surface area contributed by atoms with Crippen molar-refractivity contribution >= 4 is 56.5 Å². The summed E-state index contributed by atoms with van der Waals surface area (Å²) in [4.78, 5) is 49.3. The molecule has 0 aliphatic carbocycles. The van der Waals surface area contributed by atoms with Gasteiger partial charge >= 0.3 is 0 Å². The fourth-order valence-corrected chi connectivity index (χ4v) is 4.40. The Kier molecular flexibility index (Phi) is 8.50. The number of Topliss-reactive ketones (excluding diaryl/α,β-unsaturated/α-hetero) is 1. The van der Waals surface area contributed by atoms with Crippen LogP contribution in [0, 0.1) is 10.1 Å². The molecule has 0 N–H and O–H groups in total. The molecule has 3 heterocycles. The fraction of sp³-hybridized carbons (Fsp3) is 0.308. The fourth-order valence-electron chi connectivity index (χ4n) is 4.17. The van der Waals surface area contributed by atoms with Crippen molar-refractivity contribution in [2.75, 3.05) is 44.7 Å². The van der Waals surface area contributed by atoms with Crippen LogP contribution in [0.5, 0.6) is 0 Å². The van der Waals surface area contributed by atoms with Crippen molar-refractivity contribution in [3.05, 3.63) is 80.6 Å². The number of nitro benzene ring substituents is 1. The standard InChI is InChI=1S/C23H21ClN6O3.C3H5OSi/c1-27-8-10-28(11-9-27)14-19-23(31)29-20-7-6-15(30(32)33)12-17(20)22(25-13-21(29)26-19)16-4-2-3-5-18(16)24;1-3(4)2-5/h2-7,12,14H,8-11,13H2,1H3;2H2,1H3/b19-14-;. The summed E-state index contributed by atoms with van der Waals surface area (Å²) in [5.74, 6) is 0.383. The molecule has 1 amide bonds. The van der Waals surface area contributed by atoms with Gasteiger partial charge in [0.25, 0.3) is 11.6 Å². The van der Waals surface area contributed by atoms with Crippen molar-refractivity contribution in [2.24, 2.45) is 9.98 Å². The number of piperazine rings is 1. The molecule has 3 aliphatic rings. The van der Waals surface area contributed by atoms with Gasteiger partial charge in [0, 0.05) is 70.9 Å². The maximum absolute atomic E-state index is 13.4. The molecule has 10 nitrogen and oxygen atoms in total. The minimum Gasteiger partial charge on any atom is -0.373 e. The summed E-state index contributed by atoms with van der Waals surface area (Å²) in [5.41, 5.74) is 2.36. The average Bonchev–Trinajstić information content (AvgIpc) is 3.11. The van der Waals surface area contributed by atoms with Gasteiger partial charge in [-0.1, -0.05) is 29.8 Å². The molecule has 2 aromatic rings. The summed E-state index contributed by atoms with van der Waals surface area (Å²) < 4.78 is 0. The van der Waals surface area contributed by atoms with Crippen molar-refractivity contribution < 1.29 is 14.5 Å². The van der Waals surface area contributed by atoms with E-state index in [1.165, 1.54) is 24.0 Å². The zero-order chi connectivity index (χ0) is 27.4. The molecule has 3 radical (unpaired) electrons. The van der Waals surface area contributed by atoms with Crippen LogP contribution in [0.15, 0.2) is 64.3 Å². The number of hydrogen-bond acceptors (Lipinski definition) is 8. The van der Waals surface area contributed by atoms with Crippen molar-refractivity contribution in [2.45, 2.75) is 13.0 Å². The second-order valence-corrected chi connectivity index (χ2v) is 9.76. The average molecular weight is 550 g/mol. The number of likely N-dealkylation sites (N-methyl/N-ethyl adjacent to an activating group) is 1. The molecular weight excluding hydrogens is 524 g/mol. The van der Waals surface area contributed by atoms with Crippen LogP contribution in [0.25, 0.3) is 0 Å². The predicted molar refractivity (Wildman–Crippen MR) is 148 cm³/mol. The first-order valence-corrected chi connectivity index (χ1v) is 13.1. The summed E-state index contributed by atoms with van der Waals surface area (Å²) in [6.07, 6.45) is 1.81. The first kappa shape index (κ1) is 27.4. The number of non-ortho nitro benzene ring substituents is 1. The number of benzene rings is 2. The number of nitro groups is 1. The Morgan fingerprint density at radius 3 is 2.47 bits per heavy atom. The lowest BCUT2D eigenvalue weighted by Crippen LogP contribution is -2.42. The summed E-state index contributed by atoms with van der Waals surface area (Å²) in [5, 5.41) is 12.0. The first-order chi connectivity index (χ1) is 18.2. The number of aliphatic imine (C=N–C) groups is 2. The molecule has 0 atom stereocenters. The highest BCUT2D eigenvalue weighted by atomic mass is 35.5. The van der Waals surface area contributed by atoms with Gasteiger partial charge in [-0.2, -0.15) is 0 Å². The lowest BCUT2D eigenvalue weighted by molar-refractivity contribution is -0.384. The molecule has 0 bridgehead atoms. The number of anilines is 1. The van der Waals surface area contributed by atoms with Gasteiger partial charge in [0.1, 0.15) is 17.3 Å². The highest BCUT2D eigenvalue weighted by Gasteiger charge is 2.37. The van der Waals surface area contributed by atoms with E-state index in [1.807, 2.05) is 12.1 Å². The molecular formula is C26H26ClN6O4Si. The molecule has 5 rings (SSSR count). The van der Waals surface area contributed by atoms with E-state index in [0.29, 0.717) is 45.1 Å². The molecule has 0 aromatic heterocycles. The Bertz CT molecular complexity index is 1370. The van der Waals surface area contributed by atoms with Crippen LogP contribution in [0.1, 0.15) is 18.1 Å². The van der Waals surface area contributed by atoms with Gasteiger partial charge in [-0.05, 0) is 32.1 Å². The Hall–Kier alpha value is -3.67. The maximum Gasteiger partial charge on any atom is 0.284 e. The number of carbonyl (C=O) groups excluding carboxylic acids is 2. The van der Waals surface area contributed by atoms with E-state index >= 15 is 0 Å². The van der Waals surface area contributed by atoms with E-state index in [0.717, 1.165) is 26.2 Å².